The Bertz CT molecular complexity index is 700. The number of aryl methyl sites for hydroxylation is 1. The van der Waals surface area contributed by atoms with Crippen molar-refractivity contribution in [1.82, 2.24) is 5.32 Å². The van der Waals surface area contributed by atoms with Crippen molar-refractivity contribution in [1.29, 1.82) is 0 Å². The molecule has 0 saturated heterocycles. The lowest BCUT2D eigenvalue weighted by Gasteiger charge is -2.16. The van der Waals surface area contributed by atoms with Crippen LogP contribution < -0.4 is 5.32 Å². The first-order valence-electron chi connectivity index (χ1n) is 7.00. The Morgan fingerprint density at radius 1 is 1.30 bits per heavy atom. The van der Waals surface area contributed by atoms with Gasteiger partial charge in [0.05, 0.1) is 5.75 Å². The largest absolute Gasteiger partial charge is 0.479 e. The van der Waals surface area contributed by atoms with Gasteiger partial charge in [-0.25, -0.2) is 17.6 Å². The van der Waals surface area contributed by atoms with Gasteiger partial charge in [0.25, 0.3) is 0 Å². The maximum absolute atomic E-state index is 13.3. The van der Waals surface area contributed by atoms with E-state index in [0.717, 1.165) is 6.07 Å². The molecule has 0 aliphatic carbocycles. The summed E-state index contributed by atoms with van der Waals surface area (Å²) < 4.78 is 36.8. The molecule has 0 spiro atoms. The van der Waals surface area contributed by atoms with Crippen molar-refractivity contribution < 1.29 is 27.5 Å². The number of carbonyl (C=O) groups excluding carboxylic acids is 1. The summed E-state index contributed by atoms with van der Waals surface area (Å²) >= 11 is 0. The van der Waals surface area contributed by atoms with Crippen LogP contribution in [-0.4, -0.2) is 36.9 Å². The fraction of sp³-hybridized carbons (Fsp3) is 0.467. The molecule has 0 bridgehead atoms. The molecular weight excluding hydrogens is 325 g/mol. The fourth-order valence-electron chi connectivity index (χ4n) is 2.10. The van der Waals surface area contributed by atoms with Crippen LogP contribution in [0.2, 0.25) is 0 Å². The summed E-state index contributed by atoms with van der Waals surface area (Å²) in [4.78, 5) is 23.2. The summed E-state index contributed by atoms with van der Waals surface area (Å²) in [5.41, 5.74) is 0.404. The van der Waals surface area contributed by atoms with E-state index < -0.39 is 39.3 Å². The van der Waals surface area contributed by atoms with Gasteiger partial charge in [-0.05, 0) is 30.0 Å². The van der Waals surface area contributed by atoms with E-state index in [1.165, 1.54) is 19.1 Å². The van der Waals surface area contributed by atoms with Crippen molar-refractivity contribution in [3.8, 4) is 0 Å². The third kappa shape index (κ3) is 5.97. The van der Waals surface area contributed by atoms with Crippen molar-refractivity contribution in [2.24, 2.45) is 5.92 Å². The minimum atomic E-state index is -3.61. The second kappa shape index (κ2) is 7.54. The lowest BCUT2D eigenvalue weighted by atomic mass is 10.0. The van der Waals surface area contributed by atoms with Gasteiger partial charge in [-0.2, -0.15) is 0 Å². The summed E-state index contributed by atoms with van der Waals surface area (Å²) in [5, 5.41) is 11.4. The van der Waals surface area contributed by atoms with E-state index >= 15 is 0 Å². The fourth-order valence-corrected chi connectivity index (χ4v) is 3.72. The van der Waals surface area contributed by atoms with Crippen molar-refractivity contribution >= 4 is 21.7 Å². The summed E-state index contributed by atoms with van der Waals surface area (Å²) in [6.45, 7) is 4.88. The molecular formula is C15H20FNO5S. The molecule has 1 amide bonds. The number of amides is 1. The Hall–Kier alpha value is -1.96. The van der Waals surface area contributed by atoms with E-state index in [-0.39, 0.29) is 22.8 Å². The quantitative estimate of drug-likeness (QED) is 0.779. The van der Waals surface area contributed by atoms with Gasteiger partial charge in [0.2, 0.25) is 5.91 Å². The minimum absolute atomic E-state index is 0.136. The number of hydrogen-bond acceptors (Lipinski definition) is 4. The molecule has 0 heterocycles. The van der Waals surface area contributed by atoms with Crippen molar-refractivity contribution in [3.63, 3.8) is 0 Å². The normalized spacial score (nSPS) is 12.9. The van der Waals surface area contributed by atoms with Gasteiger partial charge >= 0.3 is 5.97 Å². The van der Waals surface area contributed by atoms with Gasteiger partial charge in [0.1, 0.15) is 11.6 Å². The molecule has 0 fully saturated rings. The first kappa shape index (κ1) is 19.1. The first-order valence-corrected chi connectivity index (χ1v) is 8.82. The molecule has 0 saturated carbocycles. The minimum Gasteiger partial charge on any atom is -0.479 e. The number of carboxylic acids is 1. The molecule has 1 aromatic rings. The smallest absolute Gasteiger partial charge is 0.330 e. The van der Waals surface area contributed by atoms with Crippen molar-refractivity contribution in [3.05, 3.63) is 35.1 Å². The van der Waals surface area contributed by atoms with Crippen LogP contribution in [0.4, 0.5) is 4.39 Å². The summed E-state index contributed by atoms with van der Waals surface area (Å²) in [6.07, 6.45) is 0. The topological polar surface area (TPSA) is 101 Å². The number of carbonyl (C=O) groups is 2. The summed E-state index contributed by atoms with van der Waals surface area (Å²) in [5.74, 6) is -3.83. The lowest BCUT2D eigenvalue weighted by molar-refractivity contribution is -0.141. The standard InChI is InChI=1S/C15H20FNO5S/c1-9(2)7-23(21,22)8-13(18)17-14(15(19)20)11-4-5-12(16)10(3)6-11/h4-6,9,14H,7-8H2,1-3H3,(H,17,18)(H,19,20). The van der Waals surface area contributed by atoms with Gasteiger partial charge in [-0.1, -0.05) is 26.0 Å². The van der Waals surface area contributed by atoms with Crippen molar-refractivity contribution in [2.45, 2.75) is 26.8 Å². The van der Waals surface area contributed by atoms with Gasteiger partial charge in [-0.15, -0.1) is 0 Å². The van der Waals surface area contributed by atoms with Crippen LogP contribution in [-0.2, 0) is 19.4 Å². The molecule has 6 nitrogen and oxygen atoms in total. The van der Waals surface area contributed by atoms with Crippen LogP contribution >= 0.6 is 0 Å². The maximum atomic E-state index is 13.3. The van der Waals surface area contributed by atoms with E-state index in [9.17, 15) is 27.5 Å². The van der Waals surface area contributed by atoms with Crippen LogP contribution in [0.15, 0.2) is 18.2 Å². The van der Waals surface area contributed by atoms with Crippen LogP contribution in [0.25, 0.3) is 0 Å². The van der Waals surface area contributed by atoms with E-state index in [1.807, 2.05) is 0 Å². The molecule has 8 heteroatoms. The average Bonchev–Trinajstić information content (AvgIpc) is 2.36. The molecule has 1 atom stereocenters. The van der Waals surface area contributed by atoms with Crippen LogP contribution in [0, 0.1) is 18.7 Å². The zero-order chi connectivity index (χ0) is 17.8. The summed E-state index contributed by atoms with van der Waals surface area (Å²) in [7, 11) is -3.61. The predicted molar refractivity (Wildman–Crippen MR) is 83.1 cm³/mol. The molecule has 1 unspecified atom stereocenters. The highest BCUT2D eigenvalue weighted by Gasteiger charge is 2.25. The van der Waals surface area contributed by atoms with Crippen molar-refractivity contribution in [2.75, 3.05) is 11.5 Å². The summed E-state index contributed by atoms with van der Waals surface area (Å²) in [6, 6.07) is 2.21. The first-order chi connectivity index (χ1) is 10.5. The molecule has 0 aliphatic heterocycles. The van der Waals surface area contributed by atoms with Crippen LogP contribution in [0.5, 0.6) is 0 Å². The number of nitrogens with one attached hydrogen (secondary N) is 1. The van der Waals surface area contributed by atoms with Gasteiger partial charge in [0.15, 0.2) is 15.9 Å². The Kier molecular flexibility index (Phi) is 6.26. The van der Waals surface area contributed by atoms with Gasteiger partial charge in [-0.3, -0.25) is 4.79 Å². The maximum Gasteiger partial charge on any atom is 0.330 e. The number of halogens is 1. The van der Waals surface area contributed by atoms with E-state index in [0.29, 0.717) is 0 Å². The third-order valence-electron chi connectivity index (χ3n) is 3.01. The molecule has 1 aromatic carbocycles. The zero-order valence-corrected chi connectivity index (χ0v) is 14.0. The lowest BCUT2D eigenvalue weighted by Crippen LogP contribution is -2.38. The molecule has 1 rings (SSSR count). The SMILES string of the molecule is Cc1cc(C(NC(=O)CS(=O)(=O)CC(C)C)C(=O)O)ccc1F. The predicted octanol–water partition coefficient (Wildman–Crippen LogP) is 1.45. The van der Waals surface area contributed by atoms with E-state index in [1.54, 1.807) is 13.8 Å². The number of sulfone groups is 1. The second-order valence-corrected chi connectivity index (χ2v) is 7.90. The molecule has 23 heavy (non-hydrogen) atoms. The average molecular weight is 345 g/mol. The number of rotatable bonds is 7. The van der Waals surface area contributed by atoms with Crippen LogP contribution in [0.3, 0.4) is 0 Å². The Balaban J connectivity index is 2.90. The highest BCUT2D eigenvalue weighted by atomic mass is 32.2. The third-order valence-corrected chi connectivity index (χ3v) is 4.88. The number of aliphatic carboxylic acids is 1. The molecule has 128 valence electrons. The molecule has 0 radical (unpaired) electrons. The Morgan fingerprint density at radius 3 is 2.39 bits per heavy atom. The highest BCUT2D eigenvalue weighted by Crippen LogP contribution is 2.17. The highest BCUT2D eigenvalue weighted by molar-refractivity contribution is 7.92. The monoisotopic (exact) mass is 345 g/mol. The zero-order valence-electron chi connectivity index (χ0n) is 13.2. The van der Waals surface area contributed by atoms with Gasteiger partial charge < -0.3 is 10.4 Å². The Morgan fingerprint density at radius 2 is 1.91 bits per heavy atom. The number of hydrogen-bond donors (Lipinski definition) is 2. The number of carboxylic acid groups (broad SMARTS) is 1. The van der Waals surface area contributed by atoms with Crippen LogP contribution in [0.1, 0.15) is 31.0 Å². The van der Waals surface area contributed by atoms with Gasteiger partial charge in [0, 0.05) is 0 Å². The van der Waals surface area contributed by atoms with E-state index in [2.05, 4.69) is 5.32 Å². The Labute approximate surface area is 134 Å². The molecule has 0 aromatic heterocycles. The molecule has 0 aliphatic rings. The number of benzene rings is 1. The second-order valence-electron chi connectivity index (χ2n) is 5.80. The van der Waals surface area contributed by atoms with E-state index in [4.69, 9.17) is 0 Å². The molecule has 2 N–H and O–H groups in total.